The molecule has 0 fully saturated rings. The summed E-state index contributed by atoms with van der Waals surface area (Å²) in [5, 5.41) is 0. The second kappa shape index (κ2) is 6.29. The maximum atomic E-state index is 11.1. The number of esters is 1. The van der Waals surface area contributed by atoms with Crippen molar-refractivity contribution >= 4 is 25.3 Å². The fourth-order valence-corrected chi connectivity index (χ4v) is 1.43. The molecule has 0 aromatic heterocycles. The number of carbonyl (C=O) groups excluding carboxylic acids is 1. The van der Waals surface area contributed by atoms with Crippen molar-refractivity contribution in [3.05, 3.63) is 4.91 Å². The number of ether oxygens (including phenoxy) is 1. The molecule has 0 aromatic rings. The molecule has 0 saturated carbocycles. The number of hydrogen-bond acceptors (Lipinski definition) is 6. The highest BCUT2D eigenvalue weighted by molar-refractivity contribution is 8.49. The molecule has 2 N–H and O–H groups in total. The first-order valence-corrected chi connectivity index (χ1v) is 6.29. The molecule has 13 heavy (non-hydrogen) atoms. The lowest BCUT2D eigenvalue weighted by Crippen LogP contribution is -2.43. The zero-order valence-electron chi connectivity index (χ0n) is 7.57. The van der Waals surface area contributed by atoms with Gasteiger partial charge in [0, 0.05) is 5.75 Å². The van der Waals surface area contributed by atoms with E-state index in [2.05, 4.69) is 4.95 Å². The van der Waals surface area contributed by atoms with Gasteiger partial charge in [0.1, 0.15) is 20.1 Å². The van der Waals surface area contributed by atoms with E-state index >= 15 is 0 Å². The first kappa shape index (κ1) is 12.8. The van der Waals surface area contributed by atoms with Crippen molar-refractivity contribution in [1.29, 1.82) is 0 Å². The van der Waals surface area contributed by atoms with Crippen LogP contribution in [-0.2, 0) is 9.53 Å². The Balaban J connectivity index is 3.43. The highest BCUT2D eigenvalue weighted by Crippen LogP contribution is 2.29. The molecule has 5 nitrogen and oxygen atoms in total. The third-order valence-electron chi connectivity index (χ3n) is 1.05. The average Bonchev–Trinajstić information content (AvgIpc) is 2.02. The molecule has 0 heterocycles. The van der Waals surface area contributed by atoms with E-state index in [1.165, 1.54) is 11.4 Å². The molecule has 0 bridgehead atoms. The van der Waals surface area contributed by atoms with Crippen LogP contribution in [0.5, 0.6) is 0 Å². The van der Waals surface area contributed by atoms with Crippen LogP contribution in [0.15, 0.2) is 4.95 Å². The van der Waals surface area contributed by atoms with Crippen molar-refractivity contribution < 1.29 is 9.53 Å². The van der Waals surface area contributed by atoms with E-state index in [1.54, 1.807) is 13.8 Å². The first-order valence-electron chi connectivity index (χ1n) is 3.63. The highest BCUT2D eigenvalue weighted by Gasteiger charge is 2.23. The van der Waals surface area contributed by atoms with Crippen molar-refractivity contribution in [1.82, 2.24) is 0 Å². The lowest BCUT2D eigenvalue weighted by atomic mass is 10.1. The Labute approximate surface area is 82.7 Å². The Kier molecular flexibility index (Phi) is 6.20. The summed E-state index contributed by atoms with van der Waals surface area (Å²) >= 11 is 1.34. The van der Waals surface area contributed by atoms with Gasteiger partial charge in [-0.1, -0.05) is 0 Å². The van der Waals surface area contributed by atoms with Crippen LogP contribution in [0, 0.1) is 4.91 Å². The van der Waals surface area contributed by atoms with Crippen LogP contribution in [0.3, 0.4) is 0 Å². The molecular formula is C6H13N2O3PS. The molecule has 0 amide bonds. The Bertz CT molecular complexity index is 183. The summed E-state index contributed by atoms with van der Waals surface area (Å²) in [6, 6.07) is 0. The van der Waals surface area contributed by atoms with Gasteiger partial charge < -0.3 is 10.5 Å². The number of nitroso groups, excluding NO2 is 1. The third-order valence-corrected chi connectivity index (χ3v) is 2.84. The highest BCUT2D eigenvalue weighted by atomic mass is 32.7. The van der Waals surface area contributed by atoms with Gasteiger partial charge in [0.05, 0.1) is 0 Å². The van der Waals surface area contributed by atoms with Gasteiger partial charge in [-0.05, 0) is 18.8 Å². The molecule has 0 radical (unpaired) electrons. The van der Waals surface area contributed by atoms with Gasteiger partial charge in [-0.25, -0.2) is 0 Å². The molecule has 0 saturated heterocycles. The Morgan fingerprint density at radius 3 is 2.77 bits per heavy atom. The second-order valence-corrected chi connectivity index (χ2v) is 5.36. The molecule has 76 valence electrons. The first-order chi connectivity index (χ1) is 5.98. The Morgan fingerprint density at radius 2 is 2.31 bits per heavy atom. The van der Waals surface area contributed by atoms with Crippen molar-refractivity contribution in [2.45, 2.75) is 19.4 Å². The molecule has 0 aliphatic heterocycles. The maximum Gasteiger partial charge on any atom is 0.325 e. The van der Waals surface area contributed by atoms with E-state index in [0.717, 1.165) is 0 Å². The fourth-order valence-electron chi connectivity index (χ4n) is 0.434. The number of nitrogens with zero attached hydrogens (tertiary/aromatic N) is 1. The Morgan fingerprint density at radius 1 is 1.69 bits per heavy atom. The topological polar surface area (TPSA) is 81.8 Å². The van der Waals surface area contributed by atoms with Crippen molar-refractivity contribution in [3.63, 3.8) is 0 Å². The summed E-state index contributed by atoms with van der Waals surface area (Å²) in [5.41, 5.74) is 4.52. The molecule has 0 aliphatic carbocycles. The minimum absolute atomic E-state index is 0.0315. The molecule has 0 aliphatic rings. The van der Waals surface area contributed by atoms with E-state index in [9.17, 15) is 9.70 Å². The van der Waals surface area contributed by atoms with Gasteiger partial charge in [-0.3, -0.25) is 4.79 Å². The van der Waals surface area contributed by atoms with Crippen LogP contribution in [0.4, 0.5) is 0 Å². The van der Waals surface area contributed by atoms with Gasteiger partial charge in [-0.2, -0.15) is 0 Å². The van der Waals surface area contributed by atoms with Crippen molar-refractivity contribution in [3.8, 4) is 0 Å². The monoisotopic (exact) mass is 224 g/mol. The predicted octanol–water partition coefficient (Wildman–Crippen LogP) is 1.27. The number of nitrogens with two attached hydrogens (primary N) is 1. The third kappa shape index (κ3) is 6.93. The minimum atomic E-state index is -0.949. The van der Waals surface area contributed by atoms with E-state index in [4.69, 9.17) is 10.5 Å². The van der Waals surface area contributed by atoms with Gasteiger partial charge in [-0.15, -0.1) is 16.3 Å². The molecule has 1 unspecified atom stereocenters. The number of hydrogen-bond donors (Lipinski definition) is 1. The Hall–Kier alpha value is -0.190. The quantitative estimate of drug-likeness (QED) is 0.318. The van der Waals surface area contributed by atoms with Gasteiger partial charge >= 0.3 is 5.97 Å². The molecule has 0 aromatic carbocycles. The minimum Gasteiger partial charge on any atom is -0.463 e. The van der Waals surface area contributed by atoms with Gasteiger partial charge in [0.2, 0.25) is 0 Å². The summed E-state index contributed by atoms with van der Waals surface area (Å²) in [4.78, 5) is 23.4. The SMILES string of the molecule is CC(C)(N)C(=O)OCCSPN=O. The van der Waals surface area contributed by atoms with Crippen LogP contribution < -0.4 is 5.73 Å². The second-order valence-electron chi connectivity index (χ2n) is 2.89. The maximum absolute atomic E-state index is 11.1. The molecule has 0 spiro atoms. The van der Waals surface area contributed by atoms with E-state index in [-0.39, 0.29) is 14.5 Å². The molecular weight excluding hydrogens is 211 g/mol. The standard InChI is InChI=1S/C6H13N2O3PS/c1-6(2,7)5(9)11-3-4-13-12-8-10/h12H,3-4,7H2,1-2H3. The largest absolute Gasteiger partial charge is 0.463 e. The van der Waals surface area contributed by atoms with E-state index < -0.39 is 11.5 Å². The molecule has 0 rings (SSSR count). The lowest BCUT2D eigenvalue weighted by molar-refractivity contribution is -0.148. The predicted molar refractivity (Wildman–Crippen MR) is 55.8 cm³/mol. The summed E-state index contributed by atoms with van der Waals surface area (Å²) in [6.07, 6.45) is 0. The van der Waals surface area contributed by atoms with E-state index in [0.29, 0.717) is 5.75 Å². The van der Waals surface area contributed by atoms with Crippen LogP contribution in [0.1, 0.15) is 13.8 Å². The smallest absolute Gasteiger partial charge is 0.325 e. The van der Waals surface area contributed by atoms with Crippen LogP contribution in [-0.4, -0.2) is 23.9 Å². The lowest BCUT2D eigenvalue weighted by Gasteiger charge is -2.16. The number of carbonyl (C=O) groups is 1. The summed E-state index contributed by atoms with van der Waals surface area (Å²) in [6.45, 7) is 3.43. The summed E-state index contributed by atoms with van der Waals surface area (Å²) in [7, 11) is -0.0315. The van der Waals surface area contributed by atoms with Gasteiger partial charge in [0.15, 0.2) is 0 Å². The van der Waals surface area contributed by atoms with Crippen LogP contribution >= 0.6 is 19.3 Å². The zero-order chi connectivity index (χ0) is 10.3. The average molecular weight is 224 g/mol. The van der Waals surface area contributed by atoms with Gasteiger partial charge in [0.25, 0.3) is 0 Å². The summed E-state index contributed by atoms with van der Waals surface area (Å²) in [5.74, 6) is 0.141. The molecule has 7 heteroatoms. The number of rotatable bonds is 6. The normalized spacial score (nSPS) is 11.9. The van der Waals surface area contributed by atoms with Crippen LogP contribution in [0.25, 0.3) is 0 Å². The van der Waals surface area contributed by atoms with Crippen molar-refractivity contribution in [2.75, 3.05) is 12.4 Å². The molecule has 1 atom stereocenters. The zero-order valence-corrected chi connectivity index (χ0v) is 9.39. The van der Waals surface area contributed by atoms with Crippen molar-refractivity contribution in [2.24, 2.45) is 10.7 Å². The van der Waals surface area contributed by atoms with Crippen LogP contribution in [0.2, 0.25) is 0 Å². The summed E-state index contributed by atoms with van der Waals surface area (Å²) < 4.78 is 4.83. The fraction of sp³-hybridized carbons (Fsp3) is 0.833. The van der Waals surface area contributed by atoms with E-state index in [1.807, 2.05) is 0 Å².